The van der Waals surface area contributed by atoms with E-state index in [-0.39, 0.29) is 5.43 Å². The second-order valence-electron chi connectivity index (χ2n) is 5.61. The van der Waals surface area contributed by atoms with Crippen LogP contribution in [0.4, 0.5) is 4.79 Å². The molecule has 0 atom stereocenters. The van der Waals surface area contributed by atoms with Crippen molar-refractivity contribution in [2.75, 3.05) is 0 Å². The Hall–Kier alpha value is -3.18. The molecule has 1 heterocycles. The van der Waals surface area contributed by atoms with Gasteiger partial charge >= 0.3 is 6.09 Å². The summed E-state index contributed by atoms with van der Waals surface area (Å²) in [7, 11) is 0. The largest absolute Gasteiger partial charge is 0.410 e. The zero-order valence-corrected chi connectivity index (χ0v) is 15.0. The molecular weight excluding hydrogens is 346 g/mol. The number of benzene rings is 3. The van der Waals surface area contributed by atoms with Crippen molar-refractivity contribution in [3.8, 4) is 5.75 Å². The summed E-state index contributed by atoms with van der Waals surface area (Å²) in [5.74, 6) is 0.514. The molecule has 0 bridgehead atoms. The molecule has 0 spiro atoms. The van der Waals surface area contributed by atoms with Gasteiger partial charge in [-0.1, -0.05) is 42.5 Å². The van der Waals surface area contributed by atoms with Crippen LogP contribution in [0.2, 0.25) is 0 Å². The number of ether oxygens (including phenoxy) is 1. The molecule has 0 saturated carbocycles. The average molecular weight is 363 g/mol. The van der Waals surface area contributed by atoms with Crippen LogP contribution in [0.3, 0.4) is 0 Å². The van der Waals surface area contributed by atoms with Crippen molar-refractivity contribution in [1.82, 2.24) is 0 Å². The third kappa shape index (κ3) is 3.90. The molecule has 5 heteroatoms. The van der Waals surface area contributed by atoms with E-state index in [1.54, 1.807) is 23.5 Å². The predicted octanol–water partition coefficient (Wildman–Crippen LogP) is 4.87. The number of fused-ring (bicyclic) bond motifs is 2. The SMILES string of the molecule is Cc1ccccc1OC(N)=O.O=c1c2ccccc2sc2ccccc12. The Kier molecular flexibility index (Phi) is 5.29. The van der Waals surface area contributed by atoms with Crippen molar-refractivity contribution < 1.29 is 9.53 Å². The lowest BCUT2D eigenvalue weighted by Gasteiger charge is -2.02. The first-order chi connectivity index (χ1) is 12.6. The molecule has 0 aliphatic carbocycles. The maximum atomic E-state index is 12.1. The minimum atomic E-state index is -0.778. The molecule has 26 heavy (non-hydrogen) atoms. The Morgan fingerprint density at radius 2 is 1.35 bits per heavy atom. The van der Waals surface area contributed by atoms with Crippen LogP contribution in [0, 0.1) is 6.92 Å². The van der Waals surface area contributed by atoms with Gasteiger partial charge < -0.3 is 10.5 Å². The van der Waals surface area contributed by atoms with Gasteiger partial charge in [0.05, 0.1) is 0 Å². The van der Waals surface area contributed by atoms with E-state index in [0.29, 0.717) is 5.75 Å². The van der Waals surface area contributed by atoms with Crippen molar-refractivity contribution in [2.24, 2.45) is 5.73 Å². The van der Waals surface area contributed by atoms with Crippen LogP contribution in [-0.2, 0) is 0 Å². The third-order valence-electron chi connectivity index (χ3n) is 3.79. The molecule has 0 unspecified atom stereocenters. The Morgan fingerprint density at radius 3 is 1.88 bits per heavy atom. The second-order valence-corrected chi connectivity index (χ2v) is 6.69. The summed E-state index contributed by atoms with van der Waals surface area (Å²) in [6, 6.07) is 22.7. The first-order valence-corrected chi connectivity index (χ1v) is 8.81. The van der Waals surface area contributed by atoms with E-state index in [1.807, 2.05) is 67.6 Å². The van der Waals surface area contributed by atoms with Crippen LogP contribution in [0.15, 0.2) is 77.6 Å². The average Bonchev–Trinajstić information content (AvgIpc) is 2.64. The summed E-state index contributed by atoms with van der Waals surface area (Å²) < 4.78 is 6.80. The molecule has 1 amide bonds. The Bertz CT molecular complexity index is 1080. The highest BCUT2D eigenvalue weighted by atomic mass is 32.1. The lowest BCUT2D eigenvalue weighted by Crippen LogP contribution is -2.16. The summed E-state index contributed by atoms with van der Waals surface area (Å²) >= 11 is 1.67. The van der Waals surface area contributed by atoms with E-state index < -0.39 is 6.09 Å². The maximum absolute atomic E-state index is 12.1. The van der Waals surface area contributed by atoms with E-state index >= 15 is 0 Å². The zero-order chi connectivity index (χ0) is 18.5. The van der Waals surface area contributed by atoms with Crippen molar-refractivity contribution in [1.29, 1.82) is 0 Å². The van der Waals surface area contributed by atoms with Crippen LogP contribution in [0.25, 0.3) is 20.2 Å². The standard InChI is InChI=1S/C13H8OS.C8H9NO2/c14-13-9-5-1-3-7-11(9)15-12-8-4-2-6-10(12)13;1-6-4-2-3-5-7(6)11-8(9)10/h1-8H;2-5H,1H3,(H2,9,10). The number of carbonyl (C=O) groups is 1. The first kappa shape index (κ1) is 17.6. The van der Waals surface area contributed by atoms with E-state index in [4.69, 9.17) is 5.73 Å². The highest BCUT2D eigenvalue weighted by Crippen LogP contribution is 2.23. The molecule has 0 radical (unpaired) electrons. The van der Waals surface area contributed by atoms with Gasteiger partial charge in [-0.2, -0.15) is 0 Å². The Balaban J connectivity index is 0.000000160. The number of para-hydroxylation sites is 1. The molecule has 1 aromatic heterocycles. The number of nitrogens with two attached hydrogens (primary N) is 1. The fraction of sp³-hybridized carbons (Fsp3) is 0.0476. The molecule has 2 N–H and O–H groups in total. The monoisotopic (exact) mass is 363 g/mol. The second kappa shape index (κ2) is 7.80. The van der Waals surface area contributed by atoms with E-state index in [2.05, 4.69) is 4.74 Å². The summed E-state index contributed by atoms with van der Waals surface area (Å²) in [6.45, 7) is 1.85. The van der Waals surface area contributed by atoms with Crippen LogP contribution < -0.4 is 15.9 Å². The lowest BCUT2D eigenvalue weighted by atomic mass is 10.2. The fourth-order valence-electron chi connectivity index (χ4n) is 2.53. The molecule has 4 nitrogen and oxygen atoms in total. The number of aryl methyl sites for hydroxylation is 1. The molecule has 0 saturated heterocycles. The molecule has 4 rings (SSSR count). The fourth-order valence-corrected chi connectivity index (χ4v) is 3.60. The number of hydrogen-bond donors (Lipinski definition) is 1. The summed E-state index contributed by atoms with van der Waals surface area (Å²) in [5, 5.41) is 1.64. The summed E-state index contributed by atoms with van der Waals surface area (Å²) in [6.07, 6.45) is -0.778. The van der Waals surface area contributed by atoms with Crippen LogP contribution in [-0.4, -0.2) is 6.09 Å². The molecule has 0 aliphatic heterocycles. The smallest absolute Gasteiger partial charge is 0.409 e. The van der Waals surface area contributed by atoms with Crippen molar-refractivity contribution in [2.45, 2.75) is 6.92 Å². The van der Waals surface area contributed by atoms with Gasteiger partial charge in [-0.3, -0.25) is 4.79 Å². The van der Waals surface area contributed by atoms with Crippen molar-refractivity contribution >= 4 is 37.6 Å². The van der Waals surface area contributed by atoms with Gasteiger partial charge in [0.15, 0.2) is 5.43 Å². The quantitative estimate of drug-likeness (QED) is 0.491. The van der Waals surface area contributed by atoms with Gasteiger partial charge in [0.2, 0.25) is 0 Å². The molecule has 0 fully saturated rings. The van der Waals surface area contributed by atoms with E-state index in [9.17, 15) is 9.59 Å². The maximum Gasteiger partial charge on any atom is 0.409 e. The topological polar surface area (TPSA) is 69.4 Å². The van der Waals surface area contributed by atoms with Gasteiger partial charge in [0, 0.05) is 20.2 Å². The van der Waals surface area contributed by atoms with E-state index in [1.165, 1.54) is 0 Å². The predicted molar refractivity (Wildman–Crippen MR) is 107 cm³/mol. The first-order valence-electron chi connectivity index (χ1n) is 8.00. The molecule has 0 aliphatic rings. The zero-order valence-electron chi connectivity index (χ0n) is 14.1. The van der Waals surface area contributed by atoms with Gasteiger partial charge in [0.25, 0.3) is 0 Å². The van der Waals surface area contributed by atoms with Crippen molar-refractivity contribution in [3.05, 3.63) is 88.6 Å². The van der Waals surface area contributed by atoms with Crippen molar-refractivity contribution in [3.63, 3.8) is 0 Å². The number of carbonyl (C=O) groups excluding carboxylic acids is 1. The van der Waals surface area contributed by atoms with Crippen LogP contribution in [0.5, 0.6) is 5.75 Å². The highest BCUT2D eigenvalue weighted by Gasteiger charge is 2.03. The Morgan fingerprint density at radius 1 is 0.846 bits per heavy atom. The van der Waals surface area contributed by atoms with Gasteiger partial charge in [0.1, 0.15) is 5.75 Å². The van der Waals surface area contributed by atoms with E-state index in [0.717, 1.165) is 25.7 Å². The highest BCUT2D eigenvalue weighted by molar-refractivity contribution is 7.24. The Labute approximate surface area is 154 Å². The lowest BCUT2D eigenvalue weighted by molar-refractivity contribution is 0.210. The minimum absolute atomic E-state index is 0.139. The van der Waals surface area contributed by atoms with Gasteiger partial charge in [-0.15, -0.1) is 11.3 Å². The van der Waals surface area contributed by atoms with Gasteiger partial charge in [-0.25, -0.2) is 4.79 Å². The summed E-state index contributed by atoms with van der Waals surface area (Å²) in [5.41, 5.74) is 5.87. The molecule has 4 aromatic rings. The molecule has 130 valence electrons. The number of amides is 1. The summed E-state index contributed by atoms with van der Waals surface area (Å²) in [4.78, 5) is 22.4. The molecular formula is C21H17NO3S. The number of primary amides is 1. The molecule has 3 aromatic carbocycles. The van der Waals surface area contributed by atoms with Crippen LogP contribution in [0.1, 0.15) is 5.56 Å². The minimum Gasteiger partial charge on any atom is -0.410 e. The normalized spacial score (nSPS) is 10.2. The number of hydrogen-bond acceptors (Lipinski definition) is 4. The third-order valence-corrected chi connectivity index (χ3v) is 4.94. The number of rotatable bonds is 1. The van der Waals surface area contributed by atoms with Gasteiger partial charge in [-0.05, 0) is 42.8 Å². The van der Waals surface area contributed by atoms with Crippen LogP contribution >= 0.6 is 11.3 Å².